The van der Waals surface area contributed by atoms with E-state index in [0.717, 1.165) is 12.0 Å². The maximum Gasteiger partial charge on any atom is 0.289 e. The van der Waals surface area contributed by atoms with Gasteiger partial charge in [0.05, 0.1) is 6.20 Å². The van der Waals surface area contributed by atoms with Crippen LogP contribution in [-0.2, 0) is 11.2 Å². The van der Waals surface area contributed by atoms with Crippen molar-refractivity contribution in [1.29, 1.82) is 0 Å². The molecular formula is C15H16N4O3. The zero-order valence-electron chi connectivity index (χ0n) is 12.1. The second-order valence-corrected chi connectivity index (χ2v) is 4.34. The Labute approximate surface area is 127 Å². The number of carbonyl (C=O) groups is 2. The molecule has 0 aliphatic carbocycles. The molecule has 0 fully saturated rings. The van der Waals surface area contributed by atoms with E-state index in [2.05, 4.69) is 20.8 Å². The standard InChI is InChI=1S/C15H16N4O3/c1-2-11-5-3-4-6-13(11)22-10-14(20)18-19-15(21)12-9-16-7-8-17-12/h3-9H,2,10H2,1H3,(H,18,20)(H,19,21). The van der Waals surface area contributed by atoms with E-state index >= 15 is 0 Å². The lowest BCUT2D eigenvalue weighted by molar-refractivity contribution is -0.123. The summed E-state index contributed by atoms with van der Waals surface area (Å²) < 4.78 is 5.44. The first-order valence-electron chi connectivity index (χ1n) is 6.76. The monoisotopic (exact) mass is 300 g/mol. The van der Waals surface area contributed by atoms with Crippen LogP contribution in [0.25, 0.3) is 0 Å². The van der Waals surface area contributed by atoms with Crippen molar-refractivity contribution in [3.05, 3.63) is 54.1 Å². The van der Waals surface area contributed by atoms with Gasteiger partial charge in [-0.1, -0.05) is 25.1 Å². The first kappa shape index (κ1) is 15.4. The Hall–Kier alpha value is -2.96. The van der Waals surface area contributed by atoms with Crippen LogP contribution in [0.1, 0.15) is 23.0 Å². The number of hydrazine groups is 1. The van der Waals surface area contributed by atoms with Crippen LogP contribution >= 0.6 is 0 Å². The number of amides is 2. The fourth-order valence-electron chi connectivity index (χ4n) is 1.72. The van der Waals surface area contributed by atoms with E-state index in [0.29, 0.717) is 5.75 Å². The van der Waals surface area contributed by atoms with E-state index in [9.17, 15) is 9.59 Å². The molecule has 7 nitrogen and oxygen atoms in total. The molecule has 1 heterocycles. The van der Waals surface area contributed by atoms with Crippen molar-refractivity contribution >= 4 is 11.8 Å². The third kappa shape index (κ3) is 4.27. The summed E-state index contributed by atoms with van der Waals surface area (Å²) in [7, 11) is 0. The molecule has 7 heteroatoms. The summed E-state index contributed by atoms with van der Waals surface area (Å²) in [5, 5.41) is 0. The number of aryl methyl sites for hydroxylation is 1. The topological polar surface area (TPSA) is 93.2 Å². The molecule has 0 spiro atoms. The van der Waals surface area contributed by atoms with Crippen molar-refractivity contribution in [2.75, 3.05) is 6.61 Å². The number of aromatic nitrogens is 2. The van der Waals surface area contributed by atoms with Crippen molar-refractivity contribution in [1.82, 2.24) is 20.8 Å². The van der Waals surface area contributed by atoms with Gasteiger partial charge in [0.25, 0.3) is 11.8 Å². The van der Waals surface area contributed by atoms with Gasteiger partial charge in [0.2, 0.25) is 0 Å². The molecule has 22 heavy (non-hydrogen) atoms. The maximum atomic E-state index is 11.7. The molecule has 0 aliphatic rings. The van der Waals surface area contributed by atoms with Crippen LogP contribution in [-0.4, -0.2) is 28.4 Å². The predicted octanol–water partition coefficient (Wildman–Crippen LogP) is 0.879. The van der Waals surface area contributed by atoms with Crippen molar-refractivity contribution in [2.45, 2.75) is 13.3 Å². The molecule has 0 radical (unpaired) electrons. The number of nitrogens with one attached hydrogen (secondary N) is 2. The van der Waals surface area contributed by atoms with Crippen molar-refractivity contribution in [3.63, 3.8) is 0 Å². The summed E-state index contributed by atoms with van der Waals surface area (Å²) in [5.41, 5.74) is 5.62. The largest absolute Gasteiger partial charge is 0.483 e. The quantitative estimate of drug-likeness (QED) is 0.800. The predicted molar refractivity (Wildman–Crippen MR) is 79.0 cm³/mol. The first-order chi connectivity index (χ1) is 10.7. The zero-order chi connectivity index (χ0) is 15.8. The zero-order valence-corrected chi connectivity index (χ0v) is 12.1. The number of nitrogens with zero attached hydrogens (tertiary/aromatic N) is 2. The van der Waals surface area contributed by atoms with Gasteiger partial charge in [-0.15, -0.1) is 0 Å². The fourth-order valence-corrected chi connectivity index (χ4v) is 1.72. The number of hydrogen-bond donors (Lipinski definition) is 2. The number of rotatable bonds is 5. The molecule has 1 aromatic carbocycles. The van der Waals surface area contributed by atoms with Crippen LogP contribution in [0.5, 0.6) is 5.75 Å². The molecule has 0 unspecified atom stereocenters. The van der Waals surface area contributed by atoms with Gasteiger partial charge in [0, 0.05) is 12.4 Å². The van der Waals surface area contributed by atoms with E-state index in [4.69, 9.17) is 4.74 Å². The Morgan fingerprint density at radius 2 is 2.00 bits per heavy atom. The molecule has 0 saturated carbocycles. The van der Waals surface area contributed by atoms with Crippen molar-refractivity contribution < 1.29 is 14.3 Å². The van der Waals surface area contributed by atoms with Gasteiger partial charge >= 0.3 is 0 Å². The second-order valence-electron chi connectivity index (χ2n) is 4.34. The summed E-state index contributed by atoms with van der Waals surface area (Å²) in [6.45, 7) is 1.81. The van der Waals surface area contributed by atoms with Gasteiger partial charge < -0.3 is 4.74 Å². The van der Waals surface area contributed by atoms with Crippen LogP contribution in [0.2, 0.25) is 0 Å². The minimum Gasteiger partial charge on any atom is -0.483 e. The normalized spacial score (nSPS) is 9.86. The third-order valence-electron chi connectivity index (χ3n) is 2.82. The Morgan fingerprint density at radius 1 is 1.18 bits per heavy atom. The molecule has 2 aromatic rings. The number of carbonyl (C=O) groups excluding carboxylic acids is 2. The average molecular weight is 300 g/mol. The Bertz CT molecular complexity index is 646. The second kappa shape index (κ2) is 7.72. The van der Waals surface area contributed by atoms with E-state index in [1.807, 2.05) is 25.1 Å². The van der Waals surface area contributed by atoms with Crippen LogP contribution < -0.4 is 15.6 Å². The number of para-hydroxylation sites is 1. The van der Waals surface area contributed by atoms with Gasteiger partial charge in [0.1, 0.15) is 11.4 Å². The highest BCUT2D eigenvalue weighted by molar-refractivity contribution is 5.93. The molecular weight excluding hydrogens is 284 g/mol. The SMILES string of the molecule is CCc1ccccc1OCC(=O)NNC(=O)c1cnccn1. The summed E-state index contributed by atoms with van der Waals surface area (Å²) >= 11 is 0. The van der Waals surface area contributed by atoms with Gasteiger partial charge in [-0.25, -0.2) is 4.98 Å². The lowest BCUT2D eigenvalue weighted by Crippen LogP contribution is -2.44. The minimum atomic E-state index is -0.546. The maximum absolute atomic E-state index is 11.7. The lowest BCUT2D eigenvalue weighted by atomic mass is 10.1. The van der Waals surface area contributed by atoms with E-state index in [1.165, 1.54) is 18.6 Å². The van der Waals surface area contributed by atoms with Gasteiger partial charge in [-0.2, -0.15) is 0 Å². The van der Waals surface area contributed by atoms with Gasteiger partial charge in [-0.05, 0) is 18.1 Å². The molecule has 0 atom stereocenters. The number of ether oxygens (including phenoxy) is 1. The summed E-state index contributed by atoms with van der Waals surface area (Å²) in [4.78, 5) is 30.9. The number of benzene rings is 1. The van der Waals surface area contributed by atoms with Gasteiger partial charge in [-0.3, -0.25) is 25.4 Å². The summed E-state index contributed by atoms with van der Waals surface area (Å²) in [6.07, 6.45) is 4.95. The lowest BCUT2D eigenvalue weighted by Gasteiger charge is -2.10. The van der Waals surface area contributed by atoms with Crippen LogP contribution in [0.3, 0.4) is 0 Å². The molecule has 1 aromatic heterocycles. The summed E-state index contributed by atoms with van der Waals surface area (Å²) in [5.74, 6) is -0.362. The molecule has 2 N–H and O–H groups in total. The molecule has 0 bridgehead atoms. The Morgan fingerprint density at radius 3 is 2.73 bits per heavy atom. The fraction of sp³-hybridized carbons (Fsp3) is 0.200. The molecule has 0 aliphatic heterocycles. The Balaban J connectivity index is 1.80. The van der Waals surface area contributed by atoms with Crippen LogP contribution in [0, 0.1) is 0 Å². The highest BCUT2D eigenvalue weighted by Crippen LogP contribution is 2.17. The molecule has 2 rings (SSSR count). The minimum absolute atomic E-state index is 0.111. The molecule has 2 amide bonds. The Kier molecular flexibility index (Phi) is 5.42. The smallest absolute Gasteiger partial charge is 0.289 e. The number of hydrogen-bond acceptors (Lipinski definition) is 5. The van der Waals surface area contributed by atoms with E-state index < -0.39 is 11.8 Å². The van der Waals surface area contributed by atoms with Gasteiger partial charge in [0.15, 0.2) is 6.61 Å². The third-order valence-corrected chi connectivity index (χ3v) is 2.82. The van der Waals surface area contributed by atoms with Crippen molar-refractivity contribution in [2.24, 2.45) is 0 Å². The van der Waals surface area contributed by atoms with Crippen LogP contribution in [0.4, 0.5) is 0 Å². The first-order valence-corrected chi connectivity index (χ1v) is 6.76. The molecule has 114 valence electrons. The van der Waals surface area contributed by atoms with E-state index in [-0.39, 0.29) is 12.3 Å². The highest BCUT2D eigenvalue weighted by atomic mass is 16.5. The van der Waals surface area contributed by atoms with E-state index in [1.54, 1.807) is 6.07 Å². The van der Waals surface area contributed by atoms with Crippen LogP contribution in [0.15, 0.2) is 42.9 Å². The molecule has 0 saturated heterocycles. The highest BCUT2D eigenvalue weighted by Gasteiger charge is 2.09. The summed E-state index contributed by atoms with van der Waals surface area (Å²) in [6, 6.07) is 7.47. The van der Waals surface area contributed by atoms with Crippen molar-refractivity contribution in [3.8, 4) is 5.75 Å². The average Bonchev–Trinajstić information content (AvgIpc) is 2.58.